The Labute approximate surface area is 91.8 Å². The standard InChI is InChI=1S/C14H18O/c1-13-8-10-14(11-9-13)7-5-3-2-4-6-12-15/h5,7-12H,2-4,6H2,1H3. The van der Waals surface area contributed by atoms with Crippen molar-refractivity contribution in [1.82, 2.24) is 0 Å². The summed E-state index contributed by atoms with van der Waals surface area (Å²) in [6.45, 7) is 2.09. The fourth-order valence-electron chi connectivity index (χ4n) is 1.39. The van der Waals surface area contributed by atoms with Crippen LogP contribution in [0.3, 0.4) is 0 Å². The minimum Gasteiger partial charge on any atom is -0.303 e. The second-order valence-corrected chi connectivity index (χ2v) is 3.76. The van der Waals surface area contributed by atoms with Gasteiger partial charge in [-0.05, 0) is 31.7 Å². The summed E-state index contributed by atoms with van der Waals surface area (Å²) in [6, 6.07) is 8.48. The molecule has 0 spiro atoms. The Bertz CT molecular complexity index is 309. The van der Waals surface area contributed by atoms with E-state index < -0.39 is 0 Å². The molecule has 15 heavy (non-hydrogen) atoms. The summed E-state index contributed by atoms with van der Waals surface area (Å²) in [5, 5.41) is 0. The quantitative estimate of drug-likeness (QED) is 0.507. The van der Waals surface area contributed by atoms with Crippen LogP contribution in [0.4, 0.5) is 0 Å². The van der Waals surface area contributed by atoms with Gasteiger partial charge in [0.2, 0.25) is 0 Å². The predicted molar refractivity (Wildman–Crippen MR) is 64.7 cm³/mol. The fourth-order valence-corrected chi connectivity index (χ4v) is 1.39. The van der Waals surface area contributed by atoms with Gasteiger partial charge in [-0.15, -0.1) is 0 Å². The van der Waals surface area contributed by atoms with Gasteiger partial charge in [-0.3, -0.25) is 0 Å². The molecular formula is C14H18O. The van der Waals surface area contributed by atoms with Crippen molar-refractivity contribution < 1.29 is 4.79 Å². The number of rotatable bonds is 6. The van der Waals surface area contributed by atoms with Crippen molar-refractivity contribution in [1.29, 1.82) is 0 Å². The predicted octanol–water partition coefficient (Wildman–Crippen LogP) is 3.77. The summed E-state index contributed by atoms with van der Waals surface area (Å²) in [5.74, 6) is 0. The maximum Gasteiger partial charge on any atom is 0.119 e. The molecular weight excluding hydrogens is 184 g/mol. The van der Waals surface area contributed by atoms with E-state index in [4.69, 9.17) is 0 Å². The van der Waals surface area contributed by atoms with Gasteiger partial charge in [0.1, 0.15) is 6.29 Å². The topological polar surface area (TPSA) is 17.1 Å². The van der Waals surface area contributed by atoms with Crippen LogP contribution < -0.4 is 0 Å². The van der Waals surface area contributed by atoms with Crippen LogP contribution in [0, 0.1) is 6.92 Å². The van der Waals surface area contributed by atoms with E-state index in [1.54, 1.807) is 0 Å². The first kappa shape index (κ1) is 11.7. The van der Waals surface area contributed by atoms with E-state index >= 15 is 0 Å². The third-order valence-corrected chi connectivity index (χ3v) is 2.33. The number of carbonyl (C=O) groups is 1. The van der Waals surface area contributed by atoms with Crippen molar-refractivity contribution in [2.24, 2.45) is 0 Å². The summed E-state index contributed by atoms with van der Waals surface area (Å²) in [7, 11) is 0. The third kappa shape index (κ3) is 5.16. The summed E-state index contributed by atoms with van der Waals surface area (Å²) in [6.07, 6.45) is 9.16. The molecule has 0 fully saturated rings. The van der Waals surface area contributed by atoms with Crippen LogP contribution in [0.2, 0.25) is 0 Å². The number of hydrogen-bond acceptors (Lipinski definition) is 1. The molecule has 80 valence electrons. The molecule has 0 atom stereocenters. The lowest BCUT2D eigenvalue weighted by Crippen LogP contribution is -1.77. The molecule has 0 bridgehead atoms. The summed E-state index contributed by atoms with van der Waals surface area (Å²) >= 11 is 0. The Balaban J connectivity index is 2.25. The van der Waals surface area contributed by atoms with E-state index in [-0.39, 0.29) is 0 Å². The Morgan fingerprint density at radius 2 is 1.73 bits per heavy atom. The molecule has 0 heterocycles. The summed E-state index contributed by atoms with van der Waals surface area (Å²) in [5.41, 5.74) is 2.54. The number of aldehydes is 1. The molecule has 0 N–H and O–H groups in total. The van der Waals surface area contributed by atoms with Crippen LogP contribution in [-0.2, 0) is 4.79 Å². The molecule has 1 rings (SSSR count). The van der Waals surface area contributed by atoms with E-state index in [0.29, 0.717) is 6.42 Å². The SMILES string of the molecule is Cc1ccc(C=CCCCCC=O)cc1. The molecule has 1 aromatic carbocycles. The second kappa shape index (κ2) is 6.99. The van der Waals surface area contributed by atoms with E-state index in [1.165, 1.54) is 11.1 Å². The van der Waals surface area contributed by atoms with Gasteiger partial charge in [0.25, 0.3) is 0 Å². The third-order valence-electron chi connectivity index (χ3n) is 2.33. The van der Waals surface area contributed by atoms with Crippen LogP contribution in [-0.4, -0.2) is 6.29 Å². The monoisotopic (exact) mass is 202 g/mol. The molecule has 0 aliphatic heterocycles. The van der Waals surface area contributed by atoms with Gasteiger partial charge in [-0.25, -0.2) is 0 Å². The van der Waals surface area contributed by atoms with Crippen LogP contribution in [0.1, 0.15) is 36.8 Å². The number of aryl methyl sites for hydroxylation is 1. The van der Waals surface area contributed by atoms with Crippen molar-refractivity contribution in [3.05, 3.63) is 41.5 Å². The maximum absolute atomic E-state index is 10.1. The van der Waals surface area contributed by atoms with Crippen molar-refractivity contribution in [2.45, 2.75) is 32.6 Å². The number of hydrogen-bond donors (Lipinski definition) is 0. The zero-order chi connectivity index (χ0) is 10.9. The number of carbonyl (C=O) groups excluding carboxylic acids is 1. The first-order valence-corrected chi connectivity index (χ1v) is 5.50. The molecule has 0 amide bonds. The van der Waals surface area contributed by atoms with E-state index in [1.807, 2.05) is 0 Å². The lowest BCUT2D eigenvalue weighted by atomic mass is 10.1. The number of benzene rings is 1. The van der Waals surface area contributed by atoms with Gasteiger partial charge in [0.15, 0.2) is 0 Å². The van der Waals surface area contributed by atoms with Gasteiger partial charge in [-0.2, -0.15) is 0 Å². The van der Waals surface area contributed by atoms with Gasteiger partial charge in [0.05, 0.1) is 0 Å². The van der Waals surface area contributed by atoms with E-state index in [0.717, 1.165) is 25.5 Å². The maximum atomic E-state index is 10.1. The highest BCUT2D eigenvalue weighted by Gasteiger charge is 1.87. The van der Waals surface area contributed by atoms with Gasteiger partial charge in [-0.1, -0.05) is 42.0 Å². The Morgan fingerprint density at radius 3 is 2.40 bits per heavy atom. The lowest BCUT2D eigenvalue weighted by Gasteiger charge is -1.95. The van der Waals surface area contributed by atoms with Crippen LogP contribution in [0.25, 0.3) is 6.08 Å². The van der Waals surface area contributed by atoms with Crippen LogP contribution in [0.15, 0.2) is 30.3 Å². The highest BCUT2D eigenvalue weighted by Crippen LogP contribution is 2.07. The number of unbranched alkanes of at least 4 members (excludes halogenated alkanes) is 3. The van der Waals surface area contributed by atoms with Gasteiger partial charge >= 0.3 is 0 Å². The Kier molecular flexibility index (Phi) is 5.46. The lowest BCUT2D eigenvalue weighted by molar-refractivity contribution is -0.107. The van der Waals surface area contributed by atoms with Gasteiger partial charge < -0.3 is 4.79 Å². The molecule has 1 nitrogen and oxygen atoms in total. The molecule has 1 aromatic rings. The van der Waals surface area contributed by atoms with E-state index in [2.05, 4.69) is 43.3 Å². The zero-order valence-electron chi connectivity index (χ0n) is 9.28. The van der Waals surface area contributed by atoms with Crippen molar-refractivity contribution >= 4 is 12.4 Å². The average Bonchev–Trinajstić information content (AvgIpc) is 2.26. The highest BCUT2D eigenvalue weighted by molar-refractivity contribution is 5.50. The van der Waals surface area contributed by atoms with Gasteiger partial charge in [0, 0.05) is 6.42 Å². The molecule has 1 heteroatoms. The first-order valence-electron chi connectivity index (χ1n) is 5.50. The summed E-state index contributed by atoms with van der Waals surface area (Å²) in [4.78, 5) is 10.1. The zero-order valence-corrected chi connectivity index (χ0v) is 9.28. The molecule has 0 aromatic heterocycles. The van der Waals surface area contributed by atoms with Crippen LogP contribution in [0.5, 0.6) is 0 Å². The highest BCUT2D eigenvalue weighted by atomic mass is 16.1. The number of allylic oxidation sites excluding steroid dienone is 1. The first-order chi connectivity index (χ1) is 7.33. The van der Waals surface area contributed by atoms with Crippen LogP contribution >= 0.6 is 0 Å². The molecule has 0 saturated heterocycles. The minimum absolute atomic E-state index is 0.693. The summed E-state index contributed by atoms with van der Waals surface area (Å²) < 4.78 is 0. The molecule has 0 aliphatic carbocycles. The minimum atomic E-state index is 0.693. The molecule has 0 saturated carbocycles. The molecule has 0 aliphatic rings. The smallest absolute Gasteiger partial charge is 0.119 e. The normalized spacial score (nSPS) is 10.7. The largest absolute Gasteiger partial charge is 0.303 e. The second-order valence-electron chi connectivity index (χ2n) is 3.76. The van der Waals surface area contributed by atoms with Crippen molar-refractivity contribution in [2.75, 3.05) is 0 Å². The molecule has 0 radical (unpaired) electrons. The van der Waals surface area contributed by atoms with Crippen molar-refractivity contribution in [3.8, 4) is 0 Å². The van der Waals surface area contributed by atoms with Crippen molar-refractivity contribution in [3.63, 3.8) is 0 Å². The fraction of sp³-hybridized carbons (Fsp3) is 0.357. The Morgan fingerprint density at radius 1 is 1.07 bits per heavy atom. The average molecular weight is 202 g/mol. The molecule has 0 unspecified atom stereocenters. The Hall–Kier alpha value is -1.37. The van der Waals surface area contributed by atoms with E-state index in [9.17, 15) is 4.79 Å².